The molecule has 0 aromatic carbocycles. The Hall–Kier alpha value is -1.85. The molecule has 0 radical (unpaired) electrons. The predicted octanol–water partition coefficient (Wildman–Crippen LogP) is 24.0. The van der Waals surface area contributed by atoms with E-state index < -0.39 is 6.10 Å². The number of hydrogen-bond acceptors (Lipinski definition) is 6. The van der Waals surface area contributed by atoms with Crippen LogP contribution in [0.15, 0.2) is 12.2 Å². The van der Waals surface area contributed by atoms with E-state index in [1.807, 2.05) is 0 Å². The summed E-state index contributed by atoms with van der Waals surface area (Å²) < 4.78 is 17.0. The maximum absolute atomic E-state index is 12.9. The molecule has 456 valence electrons. The second-order valence-electron chi connectivity index (χ2n) is 24.2. The summed E-state index contributed by atoms with van der Waals surface area (Å²) in [4.78, 5) is 38.4. The third kappa shape index (κ3) is 64.9. The molecule has 1 unspecified atom stereocenters. The van der Waals surface area contributed by atoms with Gasteiger partial charge >= 0.3 is 17.9 Å². The smallest absolute Gasteiger partial charge is 0.306 e. The number of ether oxygens (including phenoxy) is 3. The van der Waals surface area contributed by atoms with Crippen molar-refractivity contribution in [3.05, 3.63) is 12.2 Å². The van der Waals surface area contributed by atoms with Crippen molar-refractivity contribution in [3.8, 4) is 0 Å². The normalized spacial score (nSPS) is 12.0. The van der Waals surface area contributed by atoms with Gasteiger partial charge in [0.2, 0.25) is 0 Å². The lowest BCUT2D eigenvalue weighted by Crippen LogP contribution is -2.30. The van der Waals surface area contributed by atoms with Crippen LogP contribution in [0.2, 0.25) is 0 Å². The fraction of sp³-hybridized carbons (Fsp3) is 0.930. The third-order valence-electron chi connectivity index (χ3n) is 16.3. The van der Waals surface area contributed by atoms with E-state index in [2.05, 4.69) is 32.9 Å². The monoisotopic (exact) mass is 1090 g/mol. The Balaban J connectivity index is 4.27. The molecule has 0 aliphatic rings. The Morgan fingerprint density at radius 3 is 0.649 bits per heavy atom. The van der Waals surface area contributed by atoms with Crippen molar-refractivity contribution in [2.45, 2.75) is 412 Å². The van der Waals surface area contributed by atoms with Crippen LogP contribution in [0.1, 0.15) is 406 Å². The van der Waals surface area contributed by atoms with E-state index in [0.717, 1.165) is 57.8 Å². The van der Waals surface area contributed by atoms with Gasteiger partial charge in [-0.2, -0.15) is 0 Å². The molecule has 0 aromatic rings. The van der Waals surface area contributed by atoms with Crippen LogP contribution in [0, 0.1) is 0 Å². The first kappa shape index (κ1) is 75.2. The van der Waals surface area contributed by atoms with Crippen LogP contribution in [0.25, 0.3) is 0 Å². The van der Waals surface area contributed by atoms with Gasteiger partial charge in [-0.1, -0.05) is 354 Å². The number of esters is 3. The van der Waals surface area contributed by atoms with Crippen molar-refractivity contribution in [1.29, 1.82) is 0 Å². The van der Waals surface area contributed by atoms with Crippen LogP contribution < -0.4 is 0 Å². The SMILES string of the molecule is CCCCCCCC/C=C\CCCCCCCCCC(=O)OCC(COC(=O)CCCCCCCCCCCCCCCCCCCCCCCCC)OC(=O)CCCCCCCCCCCCCCCCCCCCC. The van der Waals surface area contributed by atoms with Crippen LogP contribution in [0.3, 0.4) is 0 Å². The number of carbonyl (C=O) groups excluding carboxylic acids is 3. The van der Waals surface area contributed by atoms with E-state index in [0.29, 0.717) is 19.3 Å². The van der Waals surface area contributed by atoms with Gasteiger partial charge in [0.05, 0.1) is 0 Å². The van der Waals surface area contributed by atoms with Crippen LogP contribution in [0.4, 0.5) is 0 Å². The van der Waals surface area contributed by atoms with Gasteiger partial charge in [0.25, 0.3) is 0 Å². The van der Waals surface area contributed by atoms with Gasteiger partial charge in [-0.05, 0) is 44.9 Å². The van der Waals surface area contributed by atoms with Crippen LogP contribution >= 0.6 is 0 Å². The zero-order valence-corrected chi connectivity index (χ0v) is 52.5. The number of rotatable bonds is 66. The molecule has 0 aromatic heterocycles. The van der Waals surface area contributed by atoms with Gasteiger partial charge in [0.15, 0.2) is 6.10 Å². The van der Waals surface area contributed by atoms with E-state index in [1.54, 1.807) is 0 Å². The van der Waals surface area contributed by atoms with Crippen molar-refractivity contribution < 1.29 is 28.6 Å². The Labute approximate surface area is 481 Å². The lowest BCUT2D eigenvalue weighted by Gasteiger charge is -2.18. The summed E-state index contributed by atoms with van der Waals surface area (Å²) in [5.41, 5.74) is 0. The van der Waals surface area contributed by atoms with Gasteiger partial charge in [0, 0.05) is 19.3 Å². The molecule has 0 heterocycles. The number of hydrogen-bond donors (Lipinski definition) is 0. The number of allylic oxidation sites excluding steroid dienone is 2. The molecular formula is C71H136O6. The number of unbranched alkanes of at least 4 members (excludes halogenated alkanes) is 53. The highest BCUT2D eigenvalue weighted by molar-refractivity contribution is 5.71. The summed E-state index contributed by atoms with van der Waals surface area (Å²) in [6.07, 6.45) is 79.5. The standard InChI is InChI=1S/C71H136O6/c1-4-7-10-13-16-19-22-25-28-31-33-34-35-36-38-40-43-46-49-52-55-58-61-64-70(73)76-67-68(66-75-69(72)63-60-57-54-51-48-45-42-39-30-27-24-21-18-15-12-9-6-3)77-71(74)65-62-59-56-53-50-47-44-41-37-32-29-26-23-20-17-14-11-8-5-2/h27,30,68H,4-26,28-29,31-67H2,1-3H3/b30-27-. The van der Waals surface area contributed by atoms with Crippen LogP contribution in [0.5, 0.6) is 0 Å². The van der Waals surface area contributed by atoms with Crippen molar-refractivity contribution in [3.63, 3.8) is 0 Å². The van der Waals surface area contributed by atoms with E-state index in [1.165, 1.54) is 308 Å². The fourth-order valence-corrected chi connectivity index (χ4v) is 11.0. The molecule has 0 rings (SSSR count). The third-order valence-corrected chi connectivity index (χ3v) is 16.3. The maximum atomic E-state index is 12.9. The zero-order chi connectivity index (χ0) is 55.7. The molecule has 0 aliphatic heterocycles. The Kier molecular flexibility index (Phi) is 65.1. The van der Waals surface area contributed by atoms with Crippen LogP contribution in [-0.2, 0) is 28.6 Å². The first-order chi connectivity index (χ1) is 38.0. The van der Waals surface area contributed by atoms with Gasteiger partial charge in [-0.3, -0.25) is 14.4 Å². The molecule has 0 fully saturated rings. The minimum absolute atomic E-state index is 0.0642. The second-order valence-corrected chi connectivity index (χ2v) is 24.2. The molecule has 0 bridgehead atoms. The average Bonchev–Trinajstić information content (AvgIpc) is 3.43. The Bertz CT molecular complexity index is 1200. The molecule has 6 nitrogen and oxygen atoms in total. The zero-order valence-electron chi connectivity index (χ0n) is 52.5. The van der Waals surface area contributed by atoms with Gasteiger partial charge in [-0.25, -0.2) is 0 Å². The van der Waals surface area contributed by atoms with Crippen molar-refractivity contribution in [2.75, 3.05) is 13.2 Å². The average molecular weight is 1090 g/mol. The van der Waals surface area contributed by atoms with Gasteiger partial charge in [0.1, 0.15) is 13.2 Å². The summed E-state index contributed by atoms with van der Waals surface area (Å²) in [5, 5.41) is 0. The van der Waals surface area contributed by atoms with E-state index in [-0.39, 0.29) is 31.1 Å². The molecular weight excluding hydrogens is 949 g/mol. The topological polar surface area (TPSA) is 78.9 Å². The highest BCUT2D eigenvalue weighted by Gasteiger charge is 2.19. The van der Waals surface area contributed by atoms with Gasteiger partial charge < -0.3 is 14.2 Å². The summed E-state index contributed by atoms with van der Waals surface area (Å²) in [5.74, 6) is -0.832. The largest absolute Gasteiger partial charge is 0.462 e. The molecule has 0 N–H and O–H groups in total. The predicted molar refractivity (Wildman–Crippen MR) is 335 cm³/mol. The van der Waals surface area contributed by atoms with Gasteiger partial charge in [-0.15, -0.1) is 0 Å². The van der Waals surface area contributed by atoms with Crippen molar-refractivity contribution in [2.24, 2.45) is 0 Å². The summed E-state index contributed by atoms with van der Waals surface area (Å²) in [6.45, 7) is 6.73. The minimum Gasteiger partial charge on any atom is -0.462 e. The highest BCUT2D eigenvalue weighted by Crippen LogP contribution is 2.19. The second kappa shape index (κ2) is 66.7. The van der Waals surface area contributed by atoms with Crippen molar-refractivity contribution >= 4 is 17.9 Å². The first-order valence-electron chi connectivity index (χ1n) is 35.2. The van der Waals surface area contributed by atoms with E-state index in [4.69, 9.17) is 14.2 Å². The first-order valence-corrected chi connectivity index (χ1v) is 35.2. The Morgan fingerprint density at radius 2 is 0.429 bits per heavy atom. The molecule has 0 amide bonds. The quantitative estimate of drug-likeness (QED) is 0.0261. The minimum atomic E-state index is -0.768. The summed E-state index contributed by atoms with van der Waals surface area (Å²) in [6, 6.07) is 0. The van der Waals surface area contributed by atoms with E-state index >= 15 is 0 Å². The Morgan fingerprint density at radius 1 is 0.247 bits per heavy atom. The lowest BCUT2D eigenvalue weighted by atomic mass is 10.0. The lowest BCUT2D eigenvalue weighted by molar-refractivity contribution is -0.167. The molecule has 0 spiro atoms. The highest BCUT2D eigenvalue weighted by atomic mass is 16.6. The molecule has 0 saturated heterocycles. The van der Waals surface area contributed by atoms with Crippen molar-refractivity contribution in [1.82, 2.24) is 0 Å². The molecule has 6 heteroatoms. The van der Waals surface area contributed by atoms with Crippen LogP contribution in [-0.4, -0.2) is 37.2 Å². The summed E-state index contributed by atoms with van der Waals surface area (Å²) in [7, 11) is 0. The van der Waals surface area contributed by atoms with E-state index in [9.17, 15) is 14.4 Å². The summed E-state index contributed by atoms with van der Waals surface area (Å²) >= 11 is 0. The molecule has 0 saturated carbocycles. The molecule has 1 atom stereocenters. The number of carbonyl (C=O) groups is 3. The molecule has 0 aliphatic carbocycles. The molecule has 77 heavy (non-hydrogen) atoms. The fourth-order valence-electron chi connectivity index (χ4n) is 11.0. The maximum Gasteiger partial charge on any atom is 0.306 e.